The maximum absolute atomic E-state index is 10.8. The SMILES string of the molecule is O=S(=O)(Cl)CCCOc1ccc2ccccc2c1Br. The second-order valence-corrected chi connectivity index (χ2v) is 7.73. The number of ether oxygens (including phenoxy) is 1. The van der Waals surface area contributed by atoms with E-state index in [2.05, 4.69) is 15.9 Å². The molecular formula is C13H12BrClO3S. The van der Waals surface area contributed by atoms with E-state index in [1.54, 1.807) is 0 Å². The van der Waals surface area contributed by atoms with Crippen LogP contribution in [0.2, 0.25) is 0 Å². The third kappa shape index (κ3) is 4.09. The first kappa shape index (κ1) is 14.6. The maximum atomic E-state index is 10.8. The average Bonchev–Trinajstić information content (AvgIpc) is 2.36. The van der Waals surface area contributed by atoms with Gasteiger partial charge in [0, 0.05) is 10.7 Å². The molecule has 0 spiro atoms. The van der Waals surface area contributed by atoms with Gasteiger partial charge in [0.2, 0.25) is 9.05 Å². The first-order valence-corrected chi connectivity index (χ1v) is 8.97. The molecule has 0 aromatic heterocycles. The summed E-state index contributed by atoms with van der Waals surface area (Å²) in [4.78, 5) is 0. The Morgan fingerprint density at radius 1 is 1.16 bits per heavy atom. The molecule has 0 aliphatic carbocycles. The van der Waals surface area contributed by atoms with Crippen LogP contribution in [0.1, 0.15) is 6.42 Å². The molecule has 6 heteroatoms. The molecule has 0 saturated heterocycles. The van der Waals surface area contributed by atoms with Crippen molar-refractivity contribution in [3.63, 3.8) is 0 Å². The van der Waals surface area contributed by atoms with Crippen LogP contribution in [-0.2, 0) is 9.05 Å². The molecule has 19 heavy (non-hydrogen) atoms. The number of hydrogen-bond donors (Lipinski definition) is 0. The van der Waals surface area contributed by atoms with Gasteiger partial charge in [-0.25, -0.2) is 8.42 Å². The van der Waals surface area contributed by atoms with Gasteiger partial charge in [-0.1, -0.05) is 30.3 Å². The highest BCUT2D eigenvalue weighted by atomic mass is 79.9. The van der Waals surface area contributed by atoms with Gasteiger partial charge in [0.25, 0.3) is 0 Å². The summed E-state index contributed by atoms with van der Waals surface area (Å²) < 4.78 is 28.0. The van der Waals surface area contributed by atoms with Crippen molar-refractivity contribution >= 4 is 46.4 Å². The van der Waals surface area contributed by atoms with Gasteiger partial charge < -0.3 is 4.74 Å². The molecule has 2 aromatic rings. The van der Waals surface area contributed by atoms with Crippen molar-refractivity contribution in [3.05, 3.63) is 40.9 Å². The van der Waals surface area contributed by atoms with Crippen LogP contribution in [0.3, 0.4) is 0 Å². The summed E-state index contributed by atoms with van der Waals surface area (Å²) in [5, 5.41) is 2.18. The Morgan fingerprint density at radius 3 is 2.63 bits per heavy atom. The smallest absolute Gasteiger partial charge is 0.232 e. The molecule has 102 valence electrons. The highest BCUT2D eigenvalue weighted by molar-refractivity contribution is 9.10. The highest BCUT2D eigenvalue weighted by Crippen LogP contribution is 2.33. The molecule has 0 aliphatic heterocycles. The maximum Gasteiger partial charge on any atom is 0.232 e. The molecule has 2 aromatic carbocycles. The van der Waals surface area contributed by atoms with Crippen LogP contribution in [0.25, 0.3) is 10.8 Å². The van der Waals surface area contributed by atoms with Gasteiger partial charge in [0.05, 0.1) is 16.8 Å². The number of fused-ring (bicyclic) bond motifs is 1. The lowest BCUT2D eigenvalue weighted by molar-refractivity contribution is 0.316. The molecule has 2 rings (SSSR count). The molecule has 0 radical (unpaired) electrons. The second kappa shape index (κ2) is 6.11. The quantitative estimate of drug-likeness (QED) is 0.597. The van der Waals surface area contributed by atoms with Crippen LogP contribution in [0.15, 0.2) is 40.9 Å². The van der Waals surface area contributed by atoms with Crippen LogP contribution in [0.4, 0.5) is 0 Å². The monoisotopic (exact) mass is 362 g/mol. The molecule has 0 aliphatic rings. The summed E-state index contributed by atoms with van der Waals surface area (Å²) in [5.74, 6) is 0.616. The third-order valence-electron chi connectivity index (χ3n) is 2.62. The number of halogens is 2. The van der Waals surface area contributed by atoms with E-state index in [-0.39, 0.29) is 5.75 Å². The van der Waals surface area contributed by atoms with E-state index in [1.807, 2.05) is 36.4 Å². The normalized spacial score (nSPS) is 11.7. The predicted molar refractivity (Wildman–Crippen MR) is 81.4 cm³/mol. The zero-order valence-electron chi connectivity index (χ0n) is 9.97. The Labute approximate surface area is 125 Å². The van der Waals surface area contributed by atoms with E-state index in [0.29, 0.717) is 18.8 Å². The van der Waals surface area contributed by atoms with Crippen molar-refractivity contribution in [1.29, 1.82) is 0 Å². The third-order valence-corrected chi connectivity index (χ3v) is 4.68. The van der Waals surface area contributed by atoms with Crippen LogP contribution in [0, 0.1) is 0 Å². The molecule has 0 N–H and O–H groups in total. The number of benzene rings is 2. The van der Waals surface area contributed by atoms with Crippen LogP contribution < -0.4 is 4.74 Å². The van der Waals surface area contributed by atoms with Gasteiger partial charge in [-0.3, -0.25) is 0 Å². The topological polar surface area (TPSA) is 43.4 Å². The van der Waals surface area contributed by atoms with Crippen LogP contribution in [-0.4, -0.2) is 20.8 Å². The molecule has 0 unspecified atom stereocenters. The molecule has 0 saturated carbocycles. The van der Waals surface area contributed by atoms with E-state index in [4.69, 9.17) is 15.4 Å². The van der Waals surface area contributed by atoms with Crippen molar-refractivity contribution < 1.29 is 13.2 Å². The van der Waals surface area contributed by atoms with E-state index in [0.717, 1.165) is 15.2 Å². The molecular weight excluding hydrogens is 352 g/mol. The average molecular weight is 364 g/mol. The molecule has 3 nitrogen and oxygen atoms in total. The summed E-state index contributed by atoms with van der Waals surface area (Å²) in [7, 11) is 1.69. The molecule has 0 atom stereocenters. The number of rotatable bonds is 5. The van der Waals surface area contributed by atoms with E-state index in [1.165, 1.54) is 0 Å². The summed E-state index contributed by atoms with van der Waals surface area (Å²) in [6, 6.07) is 11.8. The Hall–Kier alpha value is -0.780. The number of hydrogen-bond acceptors (Lipinski definition) is 3. The summed E-state index contributed by atoms with van der Waals surface area (Å²) in [6.07, 6.45) is 0.366. The minimum Gasteiger partial charge on any atom is -0.492 e. The van der Waals surface area contributed by atoms with Gasteiger partial charge in [0.1, 0.15) is 5.75 Å². The second-order valence-electron chi connectivity index (χ2n) is 4.04. The van der Waals surface area contributed by atoms with Gasteiger partial charge in [-0.05, 0) is 39.2 Å². The summed E-state index contributed by atoms with van der Waals surface area (Å²) in [6.45, 7) is 0.308. The van der Waals surface area contributed by atoms with E-state index >= 15 is 0 Å². The highest BCUT2D eigenvalue weighted by Gasteiger charge is 2.07. The first-order chi connectivity index (χ1) is 8.97. The Bertz CT molecular complexity index is 685. The zero-order chi connectivity index (χ0) is 13.9. The van der Waals surface area contributed by atoms with Crippen molar-refractivity contribution in [2.75, 3.05) is 12.4 Å². The van der Waals surface area contributed by atoms with Crippen molar-refractivity contribution in [2.24, 2.45) is 0 Å². The lowest BCUT2D eigenvalue weighted by Gasteiger charge is -2.09. The lowest BCUT2D eigenvalue weighted by Crippen LogP contribution is -2.05. The van der Waals surface area contributed by atoms with Crippen LogP contribution >= 0.6 is 26.6 Å². The van der Waals surface area contributed by atoms with Gasteiger partial charge in [-0.15, -0.1) is 0 Å². The van der Waals surface area contributed by atoms with Crippen molar-refractivity contribution in [2.45, 2.75) is 6.42 Å². The Balaban J connectivity index is 2.07. The first-order valence-electron chi connectivity index (χ1n) is 5.70. The fourth-order valence-corrected chi connectivity index (χ4v) is 3.14. The predicted octanol–water partition coefficient (Wildman–Crippen LogP) is 3.94. The molecule has 0 fully saturated rings. The fraction of sp³-hybridized carbons (Fsp3) is 0.231. The summed E-state index contributed by atoms with van der Waals surface area (Å²) in [5.41, 5.74) is 0. The minimum absolute atomic E-state index is 0.0836. The van der Waals surface area contributed by atoms with Gasteiger partial charge >= 0.3 is 0 Å². The fourth-order valence-electron chi connectivity index (χ4n) is 1.74. The van der Waals surface area contributed by atoms with E-state index < -0.39 is 9.05 Å². The van der Waals surface area contributed by atoms with Gasteiger partial charge in [-0.2, -0.15) is 0 Å². The Kier molecular flexibility index (Phi) is 4.71. The molecule has 0 heterocycles. The van der Waals surface area contributed by atoms with Crippen molar-refractivity contribution in [3.8, 4) is 5.75 Å². The standard InChI is InChI=1S/C13H12BrClO3S/c14-13-11-5-2-1-4-10(11)6-7-12(13)18-8-3-9-19(15,16)17/h1-2,4-7H,3,8-9H2. The van der Waals surface area contributed by atoms with Gasteiger partial charge in [0.15, 0.2) is 0 Å². The lowest BCUT2D eigenvalue weighted by atomic mass is 10.1. The summed E-state index contributed by atoms with van der Waals surface area (Å²) >= 11 is 3.50. The Morgan fingerprint density at radius 2 is 1.89 bits per heavy atom. The van der Waals surface area contributed by atoms with E-state index in [9.17, 15) is 8.42 Å². The largest absolute Gasteiger partial charge is 0.492 e. The molecule has 0 amide bonds. The minimum atomic E-state index is -3.44. The zero-order valence-corrected chi connectivity index (χ0v) is 13.1. The van der Waals surface area contributed by atoms with Crippen molar-refractivity contribution in [1.82, 2.24) is 0 Å². The van der Waals surface area contributed by atoms with Crippen LogP contribution in [0.5, 0.6) is 5.75 Å². The molecule has 0 bridgehead atoms.